The van der Waals surface area contributed by atoms with Crippen molar-refractivity contribution in [1.29, 1.82) is 0 Å². The van der Waals surface area contributed by atoms with E-state index in [4.69, 9.17) is 48.1 Å². The maximum Gasteiger partial charge on any atom is 0.269 e. The summed E-state index contributed by atoms with van der Waals surface area (Å²) in [5.74, 6) is 2.77. The third-order valence-electron chi connectivity index (χ3n) is 12.0. The first-order valence-corrected chi connectivity index (χ1v) is 24.9. The van der Waals surface area contributed by atoms with Gasteiger partial charge in [0, 0.05) is 72.2 Å². The van der Waals surface area contributed by atoms with Crippen LogP contribution in [0.2, 0.25) is 0 Å². The van der Waals surface area contributed by atoms with E-state index in [1.54, 1.807) is 24.3 Å². The molecule has 1 aliphatic heterocycles. The predicted octanol–water partition coefficient (Wildman–Crippen LogP) is 12.4. The van der Waals surface area contributed by atoms with E-state index in [1.165, 1.54) is 24.3 Å². The van der Waals surface area contributed by atoms with Gasteiger partial charge in [-0.1, -0.05) is 50.2 Å². The first-order chi connectivity index (χ1) is 36.3. The number of non-ortho nitro benzene ring substituents is 2. The van der Waals surface area contributed by atoms with Crippen molar-refractivity contribution in [1.82, 2.24) is 0 Å². The summed E-state index contributed by atoms with van der Waals surface area (Å²) in [7, 11) is 0. The molecule has 0 spiro atoms. The molecule has 2 aliphatic rings. The molecule has 0 unspecified atom stereocenters. The average Bonchev–Trinajstić information content (AvgIpc) is 3.40. The van der Waals surface area contributed by atoms with E-state index in [0.29, 0.717) is 137 Å². The number of hydrogen-bond acceptors (Lipinski definition) is 16. The van der Waals surface area contributed by atoms with Crippen LogP contribution in [0.3, 0.4) is 0 Å². The van der Waals surface area contributed by atoms with Crippen LogP contribution in [0.1, 0.15) is 71.2 Å². The predicted molar refractivity (Wildman–Crippen MR) is 277 cm³/mol. The lowest BCUT2D eigenvalue weighted by molar-refractivity contribution is -0.385. The van der Waals surface area contributed by atoms with Crippen LogP contribution in [0.25, 0.3) is 0 Å². The van der Waals surface area contributed by atoms with Gasteiger partial charge in [0.25, 0.3) is 11.4 Å². The van der Waals surface area contributed by atoms with Gasteiger partial charge < -0.3 is 37.9 Å². The molecule has 74 heavy (non-hydrogen) atoms. The summed E-state index contributed by atoms with van der Waals surface area (Å²) in [5.41, 5.74) is 8.87. The van der Waals surface area contributed by atoms with E-state index in [-0.39, 0.29) is 24.6 Å². The highest BCUT2D eigenvalue weighted by Crippen LogP contribution is 2.42. The summed E-state index contributed by atoms with van der Waals surface area (Å²) in [6, 6.07) is 32.0. The molecule has 0 N–H and O–H groups in total. The maximum atomic E-state index is 11.4. The molecular weight excluding hydrogens is 949 g/mol. The Morgan fingerprint density at radius 2 is 0.716 bits per heavy atom. The van der Waals surface area contributed by atoms with E-state index >= 15 is 0 Å². The monoisotopic (exact) mass is 1010 g/mol. The summed E-state index contributed by atoms with van der Waals surface area (Å²) in [6.07, 6.45) is 3.03. The molecule has 0 saturated heterocycles. The zero-order valence-electron chi connectivity index (χ0n) is 41.7. The fourth-order valence-electron chi connectivity index (χ4n) is 8.60. The molecule has 1 heterocycles. The third-order valence-corrected chi connectivity index (χ3v) is 12.0. The van der Waals surface area contributed by atoms with Crippen LogP contribution in [-0.4, -0.2) is 89.1 Å². The van der Waals surface area contributed by atoms with Crippen molar-refractivity contribution >= 4 is 34.1 Å². The molecule has 386 valence electrons. The van der Waals surface area contributed by atoms with Crippen molar-refractivity contribution < 1.29 is 47.7 Å². The van der Waals surface area contributed by atoms with Crippen LogP contribution in [-0.2, 0) is 44.6 Å². The molecule has 10 bridgehead atoms. The first kappa shape index (κ1) is 52.7. The lowest BCUT2D eigenvalue weighted by atomic mass is 9.90. The molecule has 0 radical (unpaired) electrons. The van der Waals surface area contributed by atoms with Crippen molar-refractivity contribution in [3.63, 3.8) is 0 Å². The number of nitro groups is 2. The van der Waals surface area contributed by atoms with Crippen molar-refractivity contribution in [2.24, 2.45) is 20.5 Å². The summed E-state index contributed by atoms with van der Waals surface area (Å²) in [5, 5.41) is 41.3. The van der Waals surface area contributed by atoms with Gasteiger partial charge in [-0.2, -0.15) is 20.5 Å². The number of azo groups is 2. The molecule has 6 aromatic rings. The Kier molecular flexibility index (Phi) is 19.1. The van der Waals surface area contributed by atoms with Gasteiger partial charge in [-0.25, -0.2) is 0 Å². The van der Waals surface area contributed by atoms with Gasteiger partial charge in [0.15, 0.2) is 0 Å². The van der Waals surface area contributed by atoms with E-state index in [1.807, 2.05) is 60.7 Å². The second kappa shape index (κ2) is 26.9. The highest BCUT2D eigenvalue weighted by molar-refractivity contribution is 5.62. The number of fused-ring (bicyclic) bond motifs is 2. The van der Waals surface area contributed by atoms with Gasteiger partial charge in [-0.15, -0.1) is 0 Å². The Bertz CT molecular complexity index is 2620. The molecule has 18 nitrogen and oxygen atoms in total. The van der Waals surface area contributed by atoms with Crippen LogP contribution >= 0.6 is 0 Å². The largest absolute Gasteiger partial charge is 0.493 e. The Morgan fingerprint density at radius 3 is 1.01 bits per heavy atom. The van der Waals surface area contributed by atoms with Gasteiger partial charge in [0.2, 0.25) is 0 Å². The number of nitro benzene ring substituents is 2. The second-order valence-electron chi connectivity index (χ2n) is 17.5. The Hall–Kier alpha value is -7.64. The Labute approximate surface area is 429 Å². The minimum atomic E-state index is -0.450. The number of ether oxygens (including phenoxy) is 8. The number of nitrogens with zero attached hydrogens (tertiary/aromatic N) is 6. The second-order valence-corrected chi connectivity index (χ2v) is 17.5. The van der Waals surface area contributed by atoms with Crippen molar-refractivity contribution in [2.75, 3.05) is 79.3 Å². The summed E-state index contributed by atoms with van der Waals surface area (Å²) in [6.45, 7) is 8.51. The number of hydrogen-bond donors (Lipinski definition) is 0. The molecule has 0 amide bonds. The summed E-state index contributed by atoms with van der Waals surface area (Å²) < 4.78 is 50.6. The van der Waals surface area contributed by atoms with Crippen LogP contribution in [0.15, 0.2) is 130 Å². The zero-order chi connectivity index (χ0) is 51.5. The molecule has 0 aromatic heterocycles. The molecule has 0 saturated carbocycles. The number of benzene rings is 6. The molecule has 6 aromatic carbocycles. The average molecular weight is 1010 g/mol. The summed E-state index contributed by atoms with van der Waals surface area (Å²) in [4.78, 5) is 21.9. The zero-order valence-corrected chi connectivity index (χ0v) is 41.7. The van der Waals surface area contributed by atoms with Gasteiger partial charge >= 0.3 is 0 Å². The van der Waals surface area contributed by atoms with Crippen molar-refractivity contribution in [2.45, 2.75) is 52.4 Å². The van der Waals surface area contributed by atoms with E-state index in [0.717, 1.165) is 57.3 Å². The van der Waals surface area contributed by atoms with Crippen LogP contribution in [0, 0.1) is 20.2 Å². The first-order valence-electron chi connectivity index (χ1n) is 24.9. The van der Waals surface area contributed by atoms with Gasteiger partial charge in [-0.3, -0.25) is 20.2 Å². The van der Waals surface area contributed by atoms with Crippen molar-refractivity contribution in [3.05, 3.63) is 174 Å². The molecule has 8 rings (SSSR count). The Morgan fingerprint density at radius 1 is 0.419 bits per heavy atom. The maximum absolute atomic E-state index is 11.4. The quantitative estimate of drug-likeness (QED) is 0.0636. The molecule has 18 heteroatoms. The number of para-hydroxylation sites is 2. The number of rotatable bonds is 12. The Balaban J connectivity index is 1.33. The van der Waals surface area contributed by atoms with Crippen molar-refractivity contribution in [3.8, 4) is 23.0 Å². The van der Waals surface area contributed by atoms with Crippen LogP contribution < -0.4 is 18.9 Å². The third kappa shape index (κ3) is 14.5. The van der Waals surface area contributed by atoms with Crippen LogP contribution in [0.5, 0.6) is 23.0 Å². The molecule has 0 atom stereocenters. The molecule has 0 fully saturated rings. The standard InChI is InChI=1S/C56H60N6O12/c1-3-19-71-55-43-31-39-7-5-9-41-33-45-37-50(60-58-48-13-17-52(18-14-48)62(65)66)38-46(56(45)72-20-4-2)34-42-10-6-8-40(32-44(55)36-49(35-43)59-57-47-11-15-51(16-12-47)61(63)64)54(42)74-30-28-70-26-24-68-22-21-67-23-25-69-27-29-73-53(39)41/h5-18,35-38H,3-4,19-34H2,1-2H3. The lowest BCUT2D eigenvalue weighted by Gasteiger charge is -2.23. The fourth-order valence-corrected chi connectivity index (χ4v) is 8.60. The lowest BCUT2D eigenvalue weighted by Crippen LogP contribution is -2.15. The highest BCUT2D eigenvalue weighted by Gasteiger charge is 2.24. The smallest absolute Gasteiger partial charge is 0.269 e. The van der Waals surface area contributed by atoms with Gasteiger partial charge in [-0.05, 0) is 83.6 Å². The van der Waals surface area contributed by atoms with Crippen LogP contribution in [0.4, 0.5) is 34.1 Å². The molecule has 1 aliphatic carbocycles. The normalized spacial score (nSPS) is 15.0. The summed E-state index contributed by atoms with van der Waals surface area (Å²) >= 11 is 0. The van der Waals surface area contributed by atoms with Gasteiger partial charge in [0.1, 0.15) is 36.2 Å². The van der Waals surface area contributed by atoms with E-state index in [9.17, 15) is 20.2 Å². The SMILES string of the molecule is CCCOc1c2cc(N=Nc3ccc([N+](=O)[O-])cc3)cc1Cc1cccc3c1OCCOCCOCCOCCOCCOc1c(cccc1Cc1cc(N=Nc4ccc([N+](=O)[O-])cc4)cc(c1OCCC)C3)C2. The van der Waals surface area contributed by atoms with Gasteiger partial charge in [0.05, 0.1) is 98.7 Å². The topological polar surface area (TPSA) is 210 Å². The van der Waals surface area contributed by atoms with E-state index < -0.39 is 9.85 Å². The van der Waals surface area contributed by atoms with E-state index in [2.05, 4.69) is 24.1 Å². The molecular formula is C56H60N6O12. The highest BCUT2D eigenvalue weighted by atomic mass is 16.6. The minimum absolute atomic E-state index is 0.0422. The fraction of sp³-hybridized carbons (Fsp3) is 0.357. The minimum Gasteiger partial charge on any atom is -0.493 e.